The van der Waals surface area contributed by atoms with E-state index in [9.17, 15) is 14.3 Å². The molecule has 0 saturated carbocycles. The first-order valence-corrected chi connectivity index (χ1v) is 6.03. The Morgan fingerprint density at radius 1 is 1.56 bits per heavy atom. The highest BCUT2D eigenvalue weighted by atomic mass is 19.1. The predicted octanol–water partition coefficient (Wildman–Crippen LogP) is 0.587. The second-order valence-corrected chi connectivity index (χ2v) is 4.60. The zero-order valence-corrected chi connectivity index (χ0v) is 10.2. The van der Waals surface area contributed by atoms with Crippen LogP contribution in [0.5, 0.6) is 0 Å². The van der Waals surface area contributed by atoms with Crippen LogP contribution in [0.2, 0.25) is 0 Å². The van der Waals surface area contributed by atoms with Crippen LogP contribution in [0.1, 0.15) is 22.3 Å². The molecule has 2 atom stereocenters. The number of benzene rings is 1. The van der Waals surface area contributed by atoms with Crippen LogP contribution in [0.4, 0.5) is 4.39 Å². The van der Waals surface area contributed by atoms with Crippen LogP contribution < -0.4 is 10.6 Å². The van der Waals surface area contributed by atoms with Gasteiger partial charge >= 0.3 is 0 Å². The van der Waals surface area contributed by atoms with Crippen LogP contribution in [0.3, 0.4) is 0 Å². The first-order valence-electron chi connectivity index (χ1n) is 6.03. The SMILES string of the molecule is Cc1ccc(F)cc1C(=O)N[C@@H]1CCNC[C@H]1O. The van der Waals surface area contributed by atoms with Crippen LogP contribution in [0.15, 0.2) is 18.2 Å². The summed E-state index contributed by atoms with van der Waals surface area (Å²) in [5.41, 5.74) is 1.04. The molecule has 4 nitrogen and oxygen atoms in total. The fourth-order valence-electron chi connectivity index (χ4n) is 2.10. The lowest BCUT2D eigenvalue weighted by molar-refractivity contribution is 0.0764. The van der Waals surface area contributed by atoms with E-state index in [1.807, 2.05) is 0 Å². The lowest BCUT2D eigenvalue weighted by atomic mass is 10.0. The van der Waals surface area contributed by atoms with Crippen LogP contribution in [-0.2, 0) is 0 Å². The average Bonchev–Trinajstić information content (AvgIpc) is 2.35. The summed E-state index contributed by atoms with van der Waals surface area (Å²) in [4.78, 5) is 12.0. The Bertz CT molecular complexity index is 451. The highest BCUT2D eigenvalue weighted by molar-refractivity contribution is 5.95. The highest BCUT2D eigenvalue weighted by Crippen LogP contribution is 2.12. The van der Waals surface area contributed by atoms with Crippen molar-refractivity contribution in [2.45, 2.75) is 25.5 Å². The van der Waals surface area contributed by atoms with Gasteiger partial charge in [-0.15, -0.1) is 0 Å². The molecule has 0 spiro atoms. The standard InChI is InChI=1S/C13H17FN2O2/c1-8-2-3-9(14)6-10(8)13(18)16-11-4-5-15-7-12(11)17/h2-3,6,11-12,15,17H,4-5,7H2,1H3,(H,16,18)/t11-,12-/m1/s1. The average molecular weight is 252 g/mol. The smallest absolute Gasteiger partial charge is 0.251 e. The minimum absolute atomic E-state index is 0.276. The lowest BCUT2D eigenvalue weighted by Gasteiger charge is -2.29. The van der Waals surface area contributed by atoms with E-state index in [-0.39, 0.29) is 11.9 Å². The van der Waals surface area contributed by atoms with Gasteiger partial charge in [-0.1, -0.05) is 6.07 Å². The van der Waals surface area contributed by atoms with Crippen molar-refractivity contribution >= 4 is 5.91 Å². The number of aliphatic hydroxyl groups is 1. The maximum absolute atomic E-state index is 13.1. The number of hydrogen-bond acceptors (Lipinski definition) is 3. The molecule has 0 radical (unpaired) electrons. The third-order valence-electron chi connectivity index (χ3n) is 3.21. The number of piperidine rings is 1. The van der Waals surface area contributed by atoms with Crippen molar-refractivity contribution in [2.24, 2.45) is 0 Å². The molecule has 2 rings (SSSR count). The van der Waals surface area contributed by atoms with Gasteiger partial charge in [0.1, 0.15) is 5.82 Å². The topological polar surface area (TPSA) is 61.4 Å². The molecule has 3 N–H and O–H groups in total. The van der Waals surface area contributed by atoms with Crippen molar-refractivity contribution in [2.75, 3.05) is 13.1 Å². The van der Waals surface area contributed by atoms with Gasteiger partial charge in [0.05, 0.1) is 12.1 Å². The van der Waals surface area contributed by atoms with E-state index in [4.69, 9.17) is 0 Å². The van der Waals surface area contributed by atoms with E-state index >= 15 is 0 Å². The van der Waals surface area contributed by atoms with Crippen LogP contribution in [0, 0.1) is 12.7 Å². The fraction of sp³-hybridized carbons (Fsp3) is 0.462. The number of rotatable bonds is 2. The number of carbonyl (C=O) groups excluding carboxylic acids is 1. The van der Waals surface area contributed by atoms with Crippen molar-refractivity contribution in [3.63, 3.8) is 0 Å². The second kappa shape index (κ2) is 5.46. The molecule has 0 aliphatic carbocycles. The zero-order valence-electron chi connectivity index (χ0n) is 10.2. The third-order valence-corrected chi connectivity index (χ3v) is 3.21. The van der Waals surface area contributed by atoms with E-state index < -0.39 is 11.9 Å². The number of halogens is 1. The van der Waals surface area contributed by atoms with Gasteiger partial charge in [-0.2, -0.15) is 0 Å². The van der Waals surface area contributed by atoms with Gasteiger partial charge in [0.15, 0.2) is 0 Å². The van der Waals surface area contributed by atoms with Gasteiger partial charge in [0.2, 0.25) is 0 Å². The molecular formula is C13H17FN2O2. The number of carbonyl (C=O) groups is 1. The largest absolute Gasteiger partial charge is 0.390 e. The molecular weight excluding hydrogens is 235 g/mol. The second-order valence-electron chi connectivity index (χ2n) is 4.60. The van der Waals surface area contributed by atoms with E-state index in [1.54, 1.807) is 13.0 Å². The molecule has 1 fully saturated rings. The maximum Gasteiger partial charge on any atom is 0.251 e. The molecule has 98 valence electrons. The van der Waals surface area contributed by atoms with Gasteiger partial charge in [0.25, 0.3) is 5.91 Å². The number of amides is 1. The van der Waals surface area contributed by atoms with E-state index in [0.717, 1.165) is 12.1 Å². The number of nitrogens with one attached hydrogen (secondary N) is 2. The Morgan fingerprint density at radius 2 is 2.33 bits per heavy atom. The first-order chi connectivity index (χ1) is 8.58. The molecule has 1 heterocycles. The Kier molecular flexibility index (Phi) is 3.93. The molecule has 0 bridgehead atoms. The van der Waals surface area contributed by atoms with Gasteiger partial charge in [-0.05, 0) is 37.6 Å². The molecule has 1 saturated heterocycles. The summed E-state index contributed by atoms with van der Waals surface area (Å²) < 4.78 is 13.1. The Balaban J connectivity index is 2.09. The molecule has 0 unspecified atom stereocenters. The van der Waals surface area contributed by atoms with Gasteiger partial charge in [-0.25, -0.2) is 4.39 Å². The summed E-state index contributed by atoms with van der Waals surface area (Å²) in [6, 6.07) is 3.84. The molecule has 1 amide bonds. The van der Waals surface area contributed by atoms with E-state index in [2.05, 4.69) is 10.6 Å². The van der Waals surface area contributed by atoms with E-state index in [0.29, 0.717) is 18.5 Å². The monoisotopic (exact) mass is 252 g/mol. The summed E-state index contributed by atoms with van der Waals surface area (Å²) in [6.07, 6.45) is 0.0675. The normalized spacial score (nSPS) is 23.7. The Morgan fingerprint density at radius 3 is 3.06 bits per heavy atom. The summed E-state index contributed by atoms with van der Waals surface area (Å²) in [6.45, 7) is 2.98. The van der Waals surface area contributed by atoms with Crippen LogP contribution in [-0.4, -0.2) is 36.2 Å². The number of β-amino-alcohol motifs (C(OH)–C–C–N with tert-alkyl or cyclic N) is 1. The van der Waals surface area contributed by atoms with Crippen molar-refractivity contribution in [3.8, 4) is 0 Å². The van der Waals surface area contributed by atoms with E-state index in [1.165, 1.54) is 12.1 Å². The molecule has 1 aromatic rings. The summed E-state index contributed by atoms with van der Waals surface area (Å²) in [5.74, 6) is -0.769. The van der Waals surface area contributed by atoms with Gasteiger partial charge in [-0.3, -0.25) is 4.79 Å². The minimum atomic E-state index is -0.600. The lowest BCUT2D eigenvalue weighted by Crippen LogP contribution is -2.52. The molecule has 0 aromatic heterocycles. The van der Waals surface area contributed by atoms with Crippen molar-refractivity contribution in [1.82, 2.24) is 10.6 Å². The van der Waals surface area contributed by atoms with Crippen molar-refractivity contribution in [1.29, 1.82) is 0 Å². The summed E-state index contributed by atoms with van der Waals surface area (Å²) >= 11 is 0. The first kappa shape index (κ1) is 13.0. The molecule has 5 heteroatoms. The molecule has 1 aliphatic rings. The number of hydrogen-bond donors (Lipinski definition) is 3. The van der Waals surface area contributed by atoms with Gasteiger partial charge in [0, 0.05) is 12.1 Å². The third kappa shape index (κ3) is 2.86. The number of aliphatic hydroxyl groups excluding tert-OH is 1. The van der Waals surface area contributed by atoms with Crippen LogP contribution >= 0.6 is 0 Å². The number of aryl methyl sites for hydroxylation is 1. The van der Waals surface area contributed by atoms with Crippen LogP contribution in [0.25, 0.3) is 0 Å². The molecule has 1 aliphatic heterocycles. The quantitative estimate of drug-likeness (QED) is 0.722. The highest BCUT2D eigenvalue weighted by Gasteiger charge is 2.25. The van der Waals surface area contributed by atoms with Gasteiger partial charge < -0.3 is 15.7 Å². The summed E-state index contributed by atoms with van der Waals surface area (Å²) in [7, 11) is 0. The molecule has 18 heavy (non-hydrogen) atoms. The fourth-order valence-corrected chi connectivity index (χ4v) is 2.10. The van der Waals surface area contributed by atoms with Crippen molar-refractivity contribution < 1.29 is 14.3 Å². The maximum atomic E-state index is 13.1. The predicted molar refractivity (Wildman–Crippen MR) is 65.9 cm³/mol. The Hall–Kier alpha value is -1.46. The molecule has 1 aromatic carbocycles. The minimum Gasteiger partial charge on any atom is -0.390 e. The van der Waals surface area contributed by atoms with Crippen molar-refractivity contribution in [3.05, 3.63) is 35.1 Å². The Labute approximate surface area is 105 Å². The summed E-state index contributed by atoms with van der Waals surface area (Å²) in [5, 5.41) is 15.5. The zero-order chi connectivity index (χ0) is 13.1.